The van der Waals surface area contributed by atoms with Crippen molar-refractivity contribution in [2.45, 2.75) is 12.7 Å². The summed E-state index contributed by atoms with van der Waals surface area (Å²) in [5.41, 5.74) is 2.20. The molecule has 1 fully saturated rings. The molecule has 3 aromatic rings. The van der Waals surface area contributed by atoms with Gasteiger partial charge in [0.05, 0.1) is 18.7 Å². The molecule has 6 heteroatoms. The second-order valence-electron chi connectivity index (χ2n) is 7.08. The molecule has 1 N–H and O–H groups in total. The molecule has 30 heavy (non-hydrogen) atoms. The Hall–Kier alpha value is -3.02. The monoisotopic (exact) mass is 423 g/mol. The molecule has 0 bridgehead atoms. The third-order valence-corrected chi connectivity index (χ3v) is 5.42. The van der Waals surface area contributed by atoms with E-state index in [4.69, 9.17) is 21.1 Å². The zero-order valence-electron chi connectivity index (χ0n) is 16.3. The van der Waals surface area contributed by atoms with E-state index in [9.17, 15) is 9.90 Å². The average Bonchev–Trinajstić information content (AvgIpc) is 2.78. The van der Waals surface area contributed by atoms with Gasteiger partial charge in [-0.15, -0.1) is 0 Å². The molecule has 0 radical (unpaired) electrons. The van der Waals surface area contributed by atoms with Crippen molar-refractivity contribution in [1.82, 2.24) is 4.90 Å². The van der Waals surface area contributed by atoms with Gasteiger partial charge in [-0.1, -0.05) is 54.1 Å². The Bertz CT molecular complexity index is 1040. The summed E-state index contributed by atoms with van der Waals surface area (Å²) in [6.45, 7) is 1.60. The summed E-state index contributed by atoms with van der Waals surface area (Å²) in [4.78, 5) is 15.0. The molecular formula is C24H22ClNO4. The maximum Gasteiger partial charge on any atom is 0.257 e. The number of nitrogens with zero attached hydrogens (tertiary/aromatic N) is 1. The summed E-state index contributed by atoms with van der Waals surface area (Å²) in [6, 6.07) is 21.6. The van der Waals surface area contributed by atoms with Gasteiger partial charge in [-0.3, -0.25) is 4.79 Å². The first kappa shape index (κ1) is 20.3. The van der Waals surface area contributed by atoms with Crippen molar-refractivity contribution in [2.75, 3.05) is 19.7 Å². The topological polar surface area (TPSA) is 59.0 Å². The quantitative estimate of drug-likeness (QED) is 0.638. The third kappa shape index (κ3) is 4.58. The van der Waals surface area contributed by atoms with Gasteiger partial charge in [0, 0.05) is 17.1 Å². The molecule has 5 nitrogen and oxygen atoms in total. The van der Waals surface area contributed by atoms with E-state index in [0.717, 1.165) is 11.1 Å². The number of halogens is 1. The minimum Gasteiger partial charge on any atom is -0.508 e. The molecule has 1 aliphatic heterocycles. The number of carbonyl (C=O) groups excluding carboxylic acids is 1. The van der Waals surface area contributed by atoms with E-state index in [2.05, 4.69) is 0 Å². The van der Waals surface area contributed by atoms with Gasteiger partial charge in [-0.25, -0.2) is 0 Å². The van der Waals surface area contributed by atoms with Crippen molar-refractivity contribution in [1.29, 1.82) is 0 Å². The zero-order valence-corrected chi connectivity index (χ0v) is 17.1. The van der Waals surface area contributed by atoms with Crippen molar-refractivity contribution in [2.24, 2.45) is 0 Å². The predicted molar refractivity (Wildman–Crippen MR) is 115 cm³/mol. The Kier molecular flexibility index (Phi) is 6.21. The van der Waals surface area contributed by atoms with Gasteiger partial charge < -0.3 is 19.5 Å². The number of aromatic hydroxyl groups is 1. The van der Waals surface area contributed by atoms with Gasteiger partial charge in [0.2, 0.25) is 0 Å². The lowest BCUT2D eigenvalue weighted by molar-refractivity contribution is -0.0230. The van der Waals surface area contributed by atoms with E-state index in [1.165, 1.54) is 0 Å². The number of hydrogen-bond donors (Lipinski definition) is 1. The summed E-state index contributed by atoms with van der Waals surface area (Å²) in [5.74, 6) is 0.582. The number of phenols is 1. The van der Waals surface area contributed by atoms with Crippen LogP contribution in [0.2, 0.25) is 5.02 Å². The van der Waals surface area contributed by atoms with E-state index in [1.54, 1.807) is 35.2 Å². The highest BCUT2D eigenvalue weighted by Crippen LogP contribution is 2.28. The molecule has 1 atom stereocenters. The highest BCUT2D eigenvalue weighted by Gasteiger charge is 2.27. The first-order chi connectivity index (χ1) is 14.6. The molecule has 0 aromatic heterocycles. The molecule has 0 saturated carbocycles. The fraction of sp³-hybridized carbons (Fsp3) is 0.208. The Balaban J connectivity index is 1.50. The normalized spacial score (nSPS) is 16.3. The highest BCUT2D eigenvalue weighted by atomic mass is 35.5. The van der Waals surface area contributed by atoms with Crippen molar-refractivity contribution in [3.8, 4) is 11.5 Å². The SMILES string of the molecule is O=C(c1ccccc1OCc1ccccc1Cl)N1CCOC(c2cccc(O)c2)C1. The van der Waals surface area contributed by atoms with E-state index in [1.807, 2.05) is 42.5 Å². The lowest BCUT2D eigenvalue weighted by Gasteiger charge is -2.33. The second-order valence-corrected chi connectivity index (χ2v) is 7.49. The van der Waals surface area contributed by atoms with Gasteiger partial charge in [-0.05, 0) is 35.9 Å². The fourth-order valence-electron chi connectivity index (χ4n) is 3.47. The van der Waals surface area contributed by atoms with Crippen LogP contribution in [0.1, 0.15) is 27.6 Å². The van der Waals surface area contributed by atoms with E-state index in [0.29, 0.717) is 36.0 Å². The third-order valence-electron chi connectivity index (χ3n) is 5.05. The Morgan fingerprint density at radius 1 is 1.10 bits per heavy atom. The molecule has 1 unspecified atom stereocenters. The molecule has 154 valence electrons. The zero-order chi connectivity index (χ0) is 20.9. The summed E-state index contributed by atoms with van der Waals surface area (Å²) in [6.07, 6.45) is -0.286. The summed E-state index contributed by atoms with van der Waals surface area (Å²) < 4.78 is 11.8. The van der Waals surface area contributed by atoms with Gasteiger partial charge in [0.1, 0.15) is 24.2 Å². The molecule has 4 rings (SSSR count). The number of rotatable bonds is 5. The standard InChI is InChI=1S/C24H22ClNO4/c25-21-10-3-1-6-18(21)16-30-22-11-4-2-9-20(22)24(28)26-12-13-29-23(15-26)17-7-5-8-19(27)14-17/h1-11,14,23,27H,12-13,15-16H2. The number of para-hydroxylation sites is 1. The number of carbonyl (C=O) groups is 1. The van der Waals surface area contributed by atoms with Crippen molar-refractivity contribution >= 4 is 17.5 Å². The van der Waals surface area contributed by atoms with E-state index >= 15 is 0 Å². The van der Waals surface area contributed by atoms with E-state index < -0.39 is 0 Å². The first-order valence-corrected chi connectivity index (χ1v) is 10.1. The van der Waals surface area contributed by atoms with Crippen LogP contribution in [0.4, 0.5) is 0 Å². The fourth-order valence-corrected chi connectivity index (χ4v) is 3.66. The molecule has 1 amide bonds. The molecule has 3 aromatic carbocycles. The van der Waals surface area contributed by atoms with Crippen molar-refractivity contribution < 1.29 is 19.4 Å². The maximum atomic E-state index is 13.3. The summed E-state index contributed by atoms with van der Waals surface area (Å²) in [7, 11) is 0. The molecule has 1 saturated heterocycles. The molecule has 1 aliphatic rings. The smallest absolute Gasteiger partial charge is 0.257 e. The first-order valence-electron chi connectivity index (χ1n) is 9.77. The molecule has 1 heterocycles. The van der Waals surface area contributed by atoms with Crippen LogP contribution < -0.4 is 4.74 Å². The van der Waals surface area contributed by atoms with Gasteiger partial charge in [0.15, 0.2) is 0 Å². The van der Waals surface area contributed by atoms with Crippen LogP contribution in [0.15, 0.2) is 72.8 Å². The van der Waals surface area contributed by atoms with Gasteiger partial charge in [-0.2, -0.15) is 0 Å². The second kappa shape index (κ2) is 9.20. The largest absolute Gasteiger partial charge is 0.508 e. The number of morpholine rings is 1. The number of amides is 1. The lowest BCUT2D eigenvalue weighted by Crippen LogP contribution is -2.42. The Morgan fingerprint density at radius 3 is 2.73 bits per heavy atom. The van der Waals surface area contributed by atoms with Gasteiger partial charge in [0.25, 0.3) is 5.91 Å². The number of hydrogen-bond acceptors (Lipinski definition) is 4. The van der Waals surface area contributed by atoms with Crippen LogP contribution in [-0.4, -0.2) is 35.6 Å². The molecule has 0 aliphatic carbocycles. The number of phenolic OH excluding ortho intramolecular Hbond substituents is 1. The average molecular weight is 424 g/mol. The number of ether oxygens (including phenoxy) is 2. The Morgan fingerprint density at radius 2 is 1.90 bits per heavy atom. The summed E-state index contributed by atoms with van der Waals surface area (Å²) >= 11 is 6.21. The van der Waals surface area contributed by atoms with Crippen molar-refractivity contribution in [3.05, 3.63) is 94.5 Å². The van der Waals surface area contributed by atoms with Crippen LogP contribution >= 0.6 is 11.6 Å². The van der Waals surface area contributed by atoms with Crippen LogP contribution in [0, 0.1) is 0 Å². The van der Waals surface area contributed by atoms with E-state index in [-0.39, 0.29) is 24.4 Å². The van der Waals surface area contributed by atoms with Crippen LogP contribution in [-0.2, 0) is 11.3 Å². The maximum absolute atomic E-state index is 13.3. The summed E-state index contributed by atoms with van der Waals surface area (Å²) in [5, 5.41) is 10.4. The van der Waals surface area contributed by atoms with Gasteiger partial charge >= 0.3 is 0 Å². The van der Waals surface area contributed by atoms with Crippen molar-refractivity contribution in [3.63, 3.8) is 0 Å². The lowest BCUT2D eigenvalue weighted by atomic mass is 10.1. The highest BCUT2D eigenvalue weighted by molar-refractivity contribution is 6.31. The number of benzene rings is 3. The predicted octanol–water partition coefficient (Wildman–Crippen LogP) is 4.84. The van der Waals surface area contributed by atoms with Crippen LogP contribution in [0.25, 0.3) is 0 Å². The molecular weight excluding hydrogens is 402 g/mol. The van der Waals surface area contributed by atoms with Crippen LogP contribution in [0.3, 0.4) is 0 Å². The minimum atomic E-state index is -0.286. The van der Waals surface area contributed by atoms with Crippen LogP contribution in [0.5, 0.6) is 11.5 Å². The minimum absolute atomic E-state index is 0.113. The molecule has 0 spiro atoms. The Labute approximate surface area is 180 Å².